The van der Waals surface area contributed by atoms with E-state index in [1.54, 1.807) is 0 Å². The fourth-order valence-electron chi connectivity index (χ4n) is 4.80. The van der Waals surface area contributed by atoms with Gasteiger partial charge in [-0.1, -0.05) is 55.2 Å². The van der Waals surface area contributed by atoms with Crippen LogP contribution in [0.25, 0.3) is 39.3 Å². The molecule has 0 spiro atoms. The van der Waals surface area contributed by atoms with Crippen molar-refractivity contribution in [1.82, 2.24) is 14.5 Å². The second-order valence-corrected chi connectivity index (χ2v) is 9.09. The van der Waals surface area contributed by atoms with Crippen molar-refractivity contribution in [2.45, 2.75) is 19.8 Å². The van der Waals surface area contributed by atoms with Gasteiger partial charge in [0.15, 0.2) is 0 Å². The number of rotatable bonds is 3. The van der Waals surface area contributed by atoms with Crippen LogP contribution >= 0.6 is 0 Å². The number of aromatic nitrogens is 3. The van der Waals surface area contributed by atoms with Crippen molar-refractivity contribution >= 4 is 45.0 Å². The highest BCUT2D eigenvalue weighted by atomic mass is 15.0. The Hall–Kier alpha value is -4.57. The van der Waals surface area contributed by atoms with Gasteiger partial charge in [-0.05, 0) is 66.5 Å². The minimum Gasteiger partial charge on any atom is -0.294 e. The van der Waals surface area contributed by atoms with Crippen LogP contribution in [0.5, 0.6) is 0 Å². The van der Waals surface area contributed by atoms with Crippen LogP contribution < -0.4 is 0 Å². The predicted molar refractivity (Wildman–Crippen MR) is 152 cm³/mol. The first kappa shape index (κ1) is 21.9. The molecule has 2 aliphatic carbocycles. The highest BCUT2D eigenvalue weighted by molar-refractivity contribution is 6.10. The highest BCUT2D eigenvalue weighted by Crippen LogP contribution is 2.33. The van der Waals surface area contributed by atoms with Crippen molar-refractivity contribution < 1.29 is 0 Å². The SMILES string of the molecule is C=C1C=Cc2cccnc2C(=N/C=C(\C)c2ccc3c(c2)c2cccnc2n3C2=CCC=CC=C2)C1. The maximum Gasteiger partial charge on any atom is 0.145 e. The van der Waals surface area contributed by atoms with Gasteiger partial charge in [-0.2, -0.15) is 0 Å². The van der Waals surface area contributed by atoms with Crippen molar-refractivity contribution in [3.05, 3.63) is 126 Å². The van der Waals surface area contributed by atoms with Crippen LogP contribution in [-0.2, 0) is 0 Å². The van der Waals surface area contributed by atoms with Gasteiger partial charge in [0.1, 0.15) is 5.65 Å². The number of allylic oxidation sites excluding steroid dienone is 9. The van der Waals surface area contributed by atoms with E-state index in [2.05, 4.69) is 89.8 Å². The lowest BCUT2D eigenvalue weighted by Gasteiger charge is -2.08. The Morgan fingerprint density at radius 2 is 1.89 bits per heavy atom. The Balaban J connectivity index is 1.44. The van der Waals surface area contributed by atoms with Crippen LogP contribution in [-0.4, -0.2) is 20.2 Å². The first-order valence-corrected chi connectivity index (χ1v) is 12.2. The van der Waals surface area contributed by atoms with E-state index in [1.165, 1.54) is 5.39 Å². The van der Waals surface area contributed by atoms with Crippen molar-refractivity contribution in [3.8, 4) is 0 Å². The monoisotopic (exact) mass is 466 g/mol. The molecule has 0 unspecified atom stereocenters. The molecule has 6 rings (SSSR count). The molecule has 0 atom stereocenters. The molecule has 0 amide bonds. The molecule has 0 saturated carbocycles. The Bertz CT molecular complexity index is 1700. The molecule has 2 aliphatic rings. The fraction of sp³-hybridized carbons (Fsp3) is 0.0938. The Morgan fingerprint density at radius 1 is 1.00 bits per heavy atom. The summed E-state index contributed by atoms with van der Waals surface area (Å²) in [6.45, 7) is 6.27. The van der Waals surface area contributed by atoms with Crippen LogP contribution in [0.1, 0.15) is 36.6 Å². The predicted octanol–water partition coefficient (Wildman–Crippen LogP) is 7.76. The molecule has 0 radical (unpaired) electrons. The molecule has 0 aliphatic heterocycles. The van der Waals surface area contributed by atoms with E-state index in [4.69, 9.17) is 9.98 Å². The van der Waals surface area contributed by atoms with E-state index < -0.39 is 0 Å². The lowest BCUT2D eigenvalue weighted by atomic mass is 10.0. The minimum atomic E-state index is 0.681. The number of aliphatic imine (C=N–C) groups is 1. The molecule has 4 heteroatoms. The van der Waals surface area contributed by atoms with Crippen molar-refractivity contribution in [1.29, 1.82) is 0 Å². The van der Waals surface area contributed by atoms with Gasteiger partial charge in [0, 0.05) is 47.0 Å². The summed E-state index contributed by atoms with van der Waals surface area (Å²) in [5.41, 5.74) is 9.42. The van der Waals surface area contributed by atoms with Crippen molar-refractivity contribution in [2.24, 2.45) is 4.99 Å². The van der Waals surface area contributed by atoms with E-state index in [1.807, 2.05) is 36.8 Å². The van der Waals surface area contributed by atoms with Gasteiger partial charge >= 0.3 is 0 Å². The summed E-state index contributed by atoms with van der Waals surface area (Å²) in [4.78, 5) is 14.2. The maximum atomic E-state index is 4.89. The molecule has 174 valence electrons. The third-order valence-electron chi connectivity index (χ3n) is 6.64. The molecule has 0 fully saturated rings. The second kappa shape index (κ2) is 9.23. The van der Waals surface area contributed by atoms with E-state index in [-0.39, 0.29) is 0 Å². The summed E-state index contributed by atoms with van der Waals surface area (Å²) in [6, 6.07) is 14.8. The van der Waals surface area contributed by atoms with Gasteiger partial charge in [-0.15, -0.1) is 0 Å². The van der Waals surface area contributed by atoms with Gasteiger partial charge in [0.25, 0.3) is 0 Å². The van der Waals surface area contributed by atoms with Crippen molar-refractivity contribution in [3.63, 3.8) is 0 Å². The summed E-state index contributed by atoms with van der Waals surface area (Å²) in [5, 5.41) is 2.32. The zero-order valence-corrected chi connectivity index (χ0v) is 20.2. The number of nitrogens with zero attached hydrogens (tertiary/aromatic N) is 4. The number of hydrogen-bond donors (Lipinski definition) is 0. The first-order valence-electron chi connectivity index (χ1n) is 12.2. The average molecular weight is 467 g/mol. The zero-order chi connectivity index (χ0) is 24.5. The van der Waals surface area contributed by atoms with Crippen LogP contribution in [0.4, 0.5) is 0 Å². The Kier molecular flexibility index (Phi) is 5.62. The third kappa shape index (κ3) is 3.97. The van der Waals surface area contributed by atoms with Gasteiger partial charge < -0.3 is 0 Å². The van der Waals surface area contributed by atoms with Gasteiger partial charge in [-0.25, -0.2) is 4.98 Å². The molecule has 0 bridgehead atoms. The Labute approximate surface area is 210 Å². The quantitative estimate of drug-likeness (QED) is 0.310. The molecular formula is C32H26N4. The first-order chi connectivity index (χ1) is 17.7. The average Bonchev–Trinajstić information content (AvgIpc) is 3.06. The normalized spacial score (nSPS) is 16.9. The molecule has 1 aromatic carbocycles. The van der Waals surface area contributed by atoms with Gasteiger partial charge in [0.05, 0.1) is 16.9 Å². The van der Waals surface area contributed by atoms with Gasteiger partial charge in [-0.3, -0.25) is 14.5 Å². The summed E-state index contributed by atoms with van der Waals surface area (Å²) >= 11 is 0. The third-order valence-corrected chi connectivity index (χ3v) is 6.64. The Morgan fingerprint density at radius 3 is 2.83 bits per heavy atom. The lowest BCUT2D eigenvalue weighted by molar-refractivity contribution is 1.17. The molecule has 4 aromatic rings. The molecule has 3 aromatic heterocycles. The molecular weight excluding hydrogens is 440 g/mol. The smallest absolute Gasteiger partial charge is 0.145 e. The molecule has 3 heterocycles. The number of pyridine rings is 2. The number of benzene rings is 1. The molecule has 36 heavy (non-hydrogen) atoms. The maximum absolute atomic E-state index is 4.89. The lowest BCUT2D eigenvalue weighted by Crippen LogP contribution is -2.04. The van der Waals surface area contributed by atoms with Gasteiger partial charge in [0.2, 0.25) is 0 Å². The van der Waals surface area contributed by atoms with Crippen molar-refractivity contribution in [2.75, 3.05) is 0 Å². The zero-order valence-electron chi connectivity index (χ0n) is 20.2. The number of fused-ring (bicyclic) bond motifs is 4. The van der Waals surface area contributed by atoms with E-state index in [0.29, 0.717) is 6.42 Å². The van der Waals surface area contributed by atoms with Crippen LogP contribution in [0.15, 0.2) is 115 Å². The van der Waals surface area contributed by atoms with Crippen LogP contribution in [0.3, 0.4) is 0 Å². The summed E-state index contributed by atoms with van der Waals surface area (Å²) in [7, 11) is 0. The summed E-state index contributed by atoms with van der Waals surface area (Å²) in [5.74, 6) is 0. The van der Waals surface area contributed by atoms with E-state index >= 15 is 0 Å². The fourth-order valence-corrected chi connectivity index (χ4v) is 4.80. The summed E-state index contributed by atoms with van der Waals surface area (Å²) in [6.07, 6.45) is 22.0. The highest BCUT2D eigenvalue weighted by Gasteiger charge is 2.15. The standard InChI is InChI=1S/C32H26N4/c1-22-13-14-24-9-7-17-33-31(24)29(19-22)35-21-23(2)25-15-16-30-28(20-25)27-12-8-18-34-32(27)36(30)26-10-5-3-4-6-11-26/h3-5,7-18,20-21H,1,6,19H2,2H3/b23-21+,35-29?. The number of hydrogen-bond acceptors (Lipinski definition) is 3. The second-order valence-electron chi connectivity index (χ2n) is 9.09. The van der Waals surface area contributed by atoms with E-state index in [0.717, 1.165) is 62.3 Å². The largest absolute Gasteiger partial charge is 0.294 e. The topological polar surface area (TPSA) is 43.1 Å². The van der Waals surface area contributed by atoms with Crippen LogP contribution in [0, 0.1) is 0 Å². The molecule has 0 saturated heterocycles. The minimum absolute atomic E-state index is 0.681. The summed E-state index contributed by atoms with van der Waals surface area (Å²) < 4.78 is 2.25. The van der Waals surface area contributed by atoms with Crippen LogP contribution in [0.2, 0.25) is 0 Å². The molecule has 4 nitrogen and oxygen atoms in total. The molecule has 0 N–H and O–H groups in total. The van der Waals surface area contributed by atoms with E-state index in [9.17, 15) is 0 Å².